The molecule has 0 saturated heterocycles. The molecule has 0 aliphatic carbocycles. The number of rotatable bonds is 3. The van der Waals surface area contributed by atoms with Gasteiger partial charge in [-0.1, -0.05) is 0 Å². The van der Waals surface area contributed by atoms with Crippen molar-refractivity contribution in [2.24, 2.45) is 0 Å². The van der Waals surface area contributed by atoms with Gasteiger partial charge in [-0.15, -0.1) is 0 Å². The van der Waals surface area contributed by atoms with Crippen LogP contribution in [0.2, 0.25) is 0 Å². The third-order valence-electron chi connectivity index (χ3n) is 2.18. The van der Waals surface area contributed by atoms with E-state index in [1.165, 1.54) is 10.9 Å². The smallest absolute Gasteiger partial charge is 0.0667 e. The molecule has 0 aliphatic rings. The zero-order valence-electron chi connectivity index (χ0n) is 7.70. The molecule has 13 heavy (non-hydrogen) atoms. The second kappa shape index (κ2) is 3.58. The van der Waals surface area contributed by atoms with E-state index < -0.39 is 0 Å². The molecule has 3 nitrogen and oxygen atoms in total. The fraction of sp³-hybridized carbons (Fsp3) is 0.300. The van der Waals surface area contributed by atoms with Crippen molar-refractivity contribution in [3.63, 3.8) is 0 Å². The summed E-state index contributed by atoms with van der Waals surface area (Å²) in [5.74, 6) is 0. The van der Waals surface area contributed by atoms with Gasteiger partial charge < -0.3 is 9.88 Å². The zero-order valence-corrected chi connectivity index (χ0v) is 7.70. The third-order valence-corrected chi connectivity index (χ3v) is 2.18. The largest absolute Gasteiger partial charge is 0.345 e. The Bertz CT molecular complexity index is 392. The lowest BCUT2D eigenvalue weighted by atomic mass is 10.3. The molecule has 2 heterocycles. The quantitative estimate of drug-likeness (QED) is 0.761. The Labute approximate surface area is 77.4 Å². The highest BCUT2D eigenvalue weighted by Crippen LogP contribution is 2.12. The highest BCUT2D eigenvalue weighted by Gasteiger charge is 1.98. The summed E-state index contributed by atoms with van der Waals surface area (Å²) in [5.41, 5.74) is 1.21. The average Bonchev–Trinajstić information content (AvgIpc) is 2.58. The van der Waals surface area contributed by atoms with Crippen molar-refractivity contribution in [2.75, 3.05) is 13.6 Å². The molecule has 2 aromatic rings. The van der Waals surface area contributed by atoms with E-state index >= 15 is 0 Å². The highest BCUT2D eigenvalue weighted by molar-refractivity contribution is 5.78. The van der Waals surface area contributed by atoms with Crippen LogP contribution in [-0.4, -0.2) is 23.1 Å². The summed E-state index contributed by atoms with van der Waals surface area (Å²) in [4.78, 5) is 4.11. The van der Waals surface area contributed by atoms with Crippen molar-refractivity contribution in [1.29, 1.82) is 0 Å². The first-order chi connectivity index (χ1) is 6.42. The van der Waals surface area contributed by atoms with Crippen LogP contribution in [0.3, 0.4) is 0 Å². The molecule has 68 valence electrons. The monoisotopic (exact) mass is 175 g/mol. The van der Waals surface area contributed by atoms with Gasteiger partial charge in [0.25, 0.3) is 0 Å². The number of likely N-dealkylation sites (N-methyl/N-ethyl adjacent to an activating group) is 1. The van der Waals surface area contributed by atoms with E-state index in [9.17, 15) is 0 Å². The van der Waals surface area contributed by atoms with Gasteiger partial charge in [-0.3, -0.25) is 4.98 Å². The van der Waals surface area contributed by atoms with Gasteiger partial charge in [-0.2, -0.15) is 0 Å². The molecule has 0 radical (unpaired) electrons. The van der Waals surface area contributed by atoms with E-state index in [1.54, 1.807) is 0 Å². The minimum absolute atomic E-state index is 0.985. The van der Waals surface area contributed by atoms with Gasteiger partial charge in [0.2, 0.25) is 0 Å². The summed E-state index contributed by atoms with van der Waals surface area (Å²) in [6, 6.07) is 4.15. The number of nitrogens with one attached hydrogen (secondary N) is 1. The van der Waals surface area contributed by atoms with Crippen molar-refractivity contribution < 1.29 is 0 Å². The zero-order chi connectivity index (χ0) is 9.10. The minimum atomic E-state index is 0.985. The van der Waals surface area contributed by atoms with Crippen LogP contribution in [-0.2, 0) is 6.54 Å². The van der Waals surface area contributed by atoms with Gasteiger partial charge in [-0.25, -0.2) is 0 Å². The molecular weight excluding hydrogens is 162 g/mol. The van der Waals surface area contributed by atoms with Gasteiger partial charge >= 0.3 is 0 Å². The van der Waals surface area contributed by atoms with E-state index in [-0.39, 0.29) is 0 Å². The van der Waals surface area contributed by atoms with Crippen molar-refractivity contribution in [3.8, 4) is 0 Å². The first-order valence-electron chi connectivity index (χ1n) is 4.45. The van der Waals surface area contributed by atoms with Crippen molar-refractivity contribution in [1.82, 2.24) is 14.9 Å². The maximum atomic E-state index is 4.11. The number of aromatic nitrogens is 2. The maximum Gasteiger partial charge on any atom is 0.0667 e. The fourth-order valence-corrected chi connectivity index (χ4v) is 1.46. The molecule has 0 atom stereocenters. The van der Waals surface area contributed by atoms with Crippen molar-refractivity contribution in [3.05, 3.63) is 30.7 Å². The molecule has 0 spiro atoms. The lowest BCUT2D eigenvalue weighted by Crippen LogP contribution is -2.14. The standard InChI is InChI=1S/C10H13N3/c1-11-5-7-13-6-3-9-2-4-12-8-10(9)13/h2-4,6,8,11H,5,7H2,1H3. The van der Waals surface area contributed by atoms with Crippen LogP contribution < -0.4 is 5.32 Å². The summed E-state index contributed by atoms with van der Waals surface area (Å²) in [7, 11) is 1.96. The molecule has 2 aromatic heterocycles. The number of pyridine rings is 1. The van der Waals surface area contributed by atoms with Crippen LogP contribution in [0.15, 0.2) is 30.7 Å². The summed E-state index contributed by atoms with van der Waals surface area (Å²) in [5, 5.41) is 4.39. The average molecular weight is 175 g/mol. The van der Waals surface area contributed by atoms with E-state index in [2.05, 4.69) is 27.1 Å². The van der Waals surface area contributed by atoms with Crippen LogP contribution in [0.5, 0.6) is 0 Å². The SMILES string of the molecule is CNCCn1ccc2ccncc21. The first kappa shape index (κ1) is 8.26. The topological polar surface area (TPSA) is 29.9 Å². The second-order valence-corrected chi connectivity index (χ2v) is 3.05. The highest BCUT2D eigenvalue weighted by atomic mass is 15.0. The molecular formula is C10H13N3. The Morgan fingerprint density at radius 2 is 2.38 bits per heavy atom. The Morgan fingerprint density at radius 1 is 1.46 bits per heavy atom. The van der Waals surface area contributed by atoms with E-state index in [4.69, 9.17) is 0 Å². The second-order valence-electron chi connectivity index (χ2n) is 3.05. The summed E-state index contributed by atoms with van der Waals surface area (Å²) in [6.45, 7) is 1.98. The van der Waals surface area contributed by atoms with Crippen molar-refractivity contribution in [2.45, 2.75) is 6.54 Å². The summed E-state index contributed by atoms with van der Waals surface area (Å²) in [6.07, 6.45) is 5.83. The van der Waals surface area contributed by atoms with Crippen LogP contribution in [0.25, 0.3) is 10.9 Å². The fourth-order valence-electron chi connectivity index (χ4n) is 1.46. The Balaban J connectivity index is 2.35. The van der Waals surface area contributed by atoms with Crippen LogP contribution >= 0.6 is 0 Å². The van der Waals surface area contributed by atoms with E-state index in [1.807, 2.05) is 25.5 Å². The van der Waals surface area contributed by atoms with Crippen LogP contribution in [0.1, 0.15) is 0 Å². The lowest BCUT2D eigenvalue weighted by molar-refractivity contribution is 0.662. The van der Waals surface area contributed by atoms with E-state index in [0.29, 0.717) is 0 Å². The molecule has 1 N–H and O–H groups in total. The van der Waals surface area contributed by atoms with Gasteiger partial charge in [0.15, 0.2) is 0 Å². The van der Waals surface area contributed by atoms with Gasteiger partial charge in [0.05, 0.1) is 11.7 Å². The van der Waals surface area contributed by atoms with Crippen LogP contribution in [0, 0.1) is 0 Å². The normalized spacial score (nSPS) is 10.8. The number of hydrogen-bond donors (Lipinski definition) is 1. The van der Waals surface area contributed by atoms with Gasteiger partial charge in [-0.05, 0) is 19.2 Å². The Morgan fingerprint density at radius 3 is 3.23 bits per heavy atom. The molecule has 0 aliphatic heterocycles. The summed E-state index contributed by atoms with van der Waals surface area (Å²) >= 11 is 0. The molecule has 0 aromatic carbocycles. The maximum absolute atomic E-state index is 4.11. The van der Waals surface area contributed by atoms with Crippen molar-refractivity contribution >= 4 is 10.9 Å². The van der Waals surface area contributed by atoms with Crippen LogP contribution in [0.4, 0.5) is 0 Å². The lowest BCUT2D eigenvalue weighted by Gasteiger charge is -2.03. The predicted octanol–water partition coefficient (Wildman–Crippen LogP) is 1.26. The number of nitrogens with zero attached hydrogens (tertiary/aromatic N) is 2. The molecule has 2 rings (SSSR count). The molecule has 0 fully saturated rings. The molecule has 3 heteroatoms. The molecule has 0 saturated carbocycles. The third kappa shape index (κ3) is 1.55. The van der Waals surface area contributed by atoms with Gasteiger partial charge in [0.1, 0.15) is 0 Å². The summed E-state index contributed by atoms with van der Waals surface area (Å²) < 4.78 is 2.21. The Kier molecular flexibility index (Phi) is 2.27. The number of hydrogen-bond acceptors (Lipinski definition) is 2. The molecule has 0 bridgehead atoms. The predicted molar refractivity (Wildman–Crippen MR) is 53.7 cm³/mol. The number of fused-ring (bicyclic) bond motifs is 1. The molecule has 0 unspecified atom stereocenters. The first-order valence-corrected chi connectivity index (χ1v) is 4.45. The molecule has 0 amide bonds. The van der Waals surface area contributed by atoms with E-state index in [0.717, 1.165) is 13.1 Å². The van der Waals surface area contributed by atoms with Gasteiger partial charge in [0, 0.05) is 30.9 Å². The minimum Gasteiger partial charge on any atom is -0.345 e. The Hall–Kier alpha value is -1.35.